The summed E-state index contributed by atoms with van der Waals surface area (Å²) in [5.74, 6) is 1.43. The molecule has 0 aromatic rings. The molecule has 2 fully saturated rings. The molecule has 0 aromatic heterocycles. The number of nitrogens with one attached hydrogen (secondary N) is 1. The van der Waals surface area contributed by atoms with E-state index in [2.05, 4.69) is 5.32 Å². The van der Waals surface area contributed by atoms with Gasteiger partial charge >= 0.3 is 5.97 Å². The van der Waals surface area contributed by atoms with E-state index in [1.54, 1.807) is 0 Å². The van der Waals surface area contributed by atoms with Gasteiger partial charge in [-0.25, -0.2) is 0 Å². The molecule has 0 amide bonds. The highest BCUT2D eigenvalue weighted by Gasteiger charge is 2.40. The smallest absolute Gasteiger partial charge is 0.308 e. The van der Waals surface area contributed by atoms with Crippen molar-refractivity contribution >= 4 is 18.4 Å². The maximum absolute atomic E-state index is 11.5. The number of hydrogen-bond donors (Lipinski definition) is 1. The molecule has 2 rings (SSSR count). The number of carbonyl (C=O) groups excluding carboxylic acids is 1. The van der Waals surface area contributed by atoms with E-state index in [4.69, 9.17) is 4.74 Å². The van der Waals surface area contributed by atoms with Crippen molar-refractivity contribution in [1.82, 2.24) is 5.32 Å². The molecule has 4 heteroatoms. The molecule has 3 nitrogen and oxygen atoms in total. The van der Waals surface area contributed by atoms with Crippen LogP contribution in [0.2, 0.25) is 0 Å². The monoisotopic (exact) mass is 219 g/mol. The third kappa shape index (κ3) is 2.04. The van der Waals surface area contributed by atoms with Gasteiger partial charge in [0.2, 0.25) is 0 Å². The average molecular weight is 220 g/mol. The Bertz CT molecular complexity index is 210. The van der Waals surface area contributed by atoms with Crippen molar-refractivity contribution in [3.8, 4) is 0 Å². The van der Waals surface area contributed by atoms with Crippen LogP contribution in [-0.2, 0) is 9.53 Å². The first kappa shape index (κ1) is 11.8. The van der Waals surface area contributed by atoms with Crippen LogP contribution in [0.4, 0.5) is 0 Å². The minimum absolute atomic E-state index is 0. The highest BCUT2D eigenvalue weighted by atomic mass is 35.5. The zero-order valence-corrected chi connectivity index (χ0v) is 9.31. The molecule has 1 saturated heterocycles. The van der Waals surface area contributed by atoms with Crippen LogP contribution >= 0.6 is 12.4 Å². The van der Waals surface area contributed by atoms with Crippen molar-refractivity contribution in [1.29, 1.82) is 0 Å². The number of fused-ring (bicyclic) bond motifs is 1. The van der Waals surface area contributed by atoms with Gasteiger partial charge in [-0.3, -0.25) is 4.79 Å². The van der Waals surface area contributed by atoms with Crippen LogP contribution in [-0.4, -0.2) is 26.2 Å². The quantitative estimate of drug-likeness (QED) is 0.674. The summed E-state index contributed by atoms with van der Waals surface area (Å²) in [5.41, 5.74) is 0. The van der Waals surface area contributed by atoms with Crippen molar-refractivity contribution in [3.05, 3.63) is 0 Å². The van der Waals surface area contributed by atoms with Gasteiger partial charge < -0.3 is 10.1 Å². The van der Waals surface area contributed by atoms with Crippen molar-refractivity contribution in [2.45, 2.75) is 19.3 Å². The normalized spacial score (nSPS) is 35.6. The number of methoxy groups -OCH3 is 1. The summed E-state index contributed by atoms with van der Waals surface area (Å²) in [4.78, 5) is 11.5. The molecule has 3 unspecified atom stereocenters. The number of rotatable bonds is 1. The first-order valence-electron chi connectivity index (χ1n) is 5.11. The third-order valence-electron chi connectivity index (χ3n) is 3.50. The van der Waals surface area contributed by atoms with Crippen molar-refractivity contribution in [2.75, 3.05) is 20.2 Å². The number of ether oxygens (including phenoxy) is 1. The highest BCUT2D eigenvalue weighted by Crippen LogP contribution is 2.37. The molecule has 1 N–H and O–H groups in total. The fourth-order valence-electron chi connectivity index (χ4n) is 2.80. The van der Waals surface area contributed by atoms with E-state index in [0.29, 0.717) is 5.92 Å². The van der Waals surface area contributed by atoms with E-state index < -0.39 is 0 Å². The van der Waals surface area contributed by atoms with Crippen LogP contribution in [0, 0.1) is 17.8 Å². The number of carbonyl (C=O) groups is 1. The Balaban J connectivity index is 0.000000980. The molecule has 0 bridgehead atoms. The van der Waals surface area contributed by atoms with Gasteiger partial charge in [0.05, 0.1) is 13.0 Å². The summed E-state index contributed by atoms with van der Waals surface area (Å²) >= 11 is 0. The van der Waals surface area contributed by atoms with Gasteiger partial charge in [0.25, 0.3) is 0 Å². The van der Waals surface area contributed by atoms with Crippen LogP contribution in [0.3, 0.4) is 0 Å². The second-order valence-corrected chi connectivity index (χ2v) is 4.14. The van der Waals surface area contributed by atoms with E-state index in [1.165, 1.54) is 20.0 Å². The topological polar surface area (TPSA) is 38.3 Å². The first-order valence-corrected chi connectivity index (χ1v) is 5.11. The van der Waals surface area contributed by atoms with Gasteiger partial charge in [-0.1, -0.05) is 6.42 Å². The SMILES string of the molecule is COC(=O)C1CCCC2CNCC21.Cl. The van der Waals surface area contributed by atoms with Crippen molar-refractivity contribution < 1.29 is 9.53 Å². The zero-order chi connectivity index (χ0) is 9.26. The molecule has 1 saturated carbocycles. The summed E-state index contributed by atoms with van der Waals surface area (Å²) in [6.45, 7) is 2.10. The van der Waals surface area contributed by atoms with Gasteiger partial charge in [0.15, 0.2) is 0 Å². The summed E-state index contributed by atoms with van der Waals surface area (Å²) in [7, 11) is 1.49. The Morgan fingerprint density at radius 1 is 1.36 bits per heavy atom. The Kier molecular flexibility index (Phi) is 4.20. The Morgan fingerprint density at radius 2 is 2.14 bits per heavy atom. The minimum Gasteiger partial charge on any atom is -0.469 e. The maximum atomic E-state index is 11.5. The second-order valence-electron chi connectivity index (χ2n) is 4.14. The molecule has 14 heavy (non-hydrogen) atoms. The summed E-state index contributed by atoms with van der Waals surface area (Å²) in [6, 6.07) is 0. The predicted molar refractivity (Wildman–Crippen MR) is 56.5 cm³/mol. The summed E-state index contributed by atoms with van der Waals surface area (Å²) < 4.78 is 4.83. The molecular formula is C10H18ClNO2. The second kappa shape index (κ2) is 4.99. The van der Waals surface area contributed by atoms with Crippen LogP contribution in [0.15, 0.2) is 0 Å². The standard InChI is InChI=1S/C10H17NO2.ClH/c1-13-10(12)8-4-2-3-7-5-11-6-9(7)8;/h7-9,11H,2-6H2,1H3;1H. The van der Waals surface area contributed by atoms with E-state index in [0.717, 1.165) is 25.4 Å². The number of hydrogen-bond acceptors (Lipinski definition) is 3. The van der Waals surface area contributed by atoms with Crippen molar-refractivity contribution in [3.63, 3.8) is 0 Å². The molecule has 3 atom stereocenters. The molecule has 2 aliphatic rings. The Hall–Kier alpha value is -0.280. The predicted octanol–water partition coefficient (Wildman–Crippen LogP) is 1.22. The van der Waals surface area contributed by atoms with E-state index >= 15 is 0 Å². The minimum atomic E-state index is -0.00148. The largest absolute Gasteiger partial charge is 0.469 e. The lowest BCUT2D eigenvalue weighted by Gasteiger charge is -2.30. The first-order chi connectivity index (χ1) is 6.33. The van der Waals surface area contributed by atoms with Crippen LogP contribution in [0.5, 0.6) is 0 Å². The number of esters is 1. The van der Waals surface area contributed by atoms with Gasteiger partial charge in [0, 0.05) is 0 Å². The van der Waals surface area contributed by atoms with Crippen molar-refractivity contribution in [2.24, 2.45) is 17.8 Å². The summed E-state index contributed by atoms with van der Waals surface area (Å²) in [6.07, 6.45) is 3.49. The van der Waals surface area contributed by atoms with E-state index in [1.807, 2.05) is 0 Å². The third-order valence-corrected chi connectivity index (χ3v) is 3.50. The Labute approximate surface area is 91.0 Å². The molecule has 1 aliphatic carbocycles. The lowest BCUT2D eigenvalue weighted by molar-refractivity contribution is -0.149. The van der Waals surface area contributed by atoms with Gasteiger partial charge in [-0.2, -0.15) is 0 Å². The summed E-state index contributed by atoms with van der Waals surface area (Å²) in [5, 5.41) is 3.37. The molecule has 82 valence electrons. The van der Waals surface area contributed by atoms with Gasteiger partial charge in [0.1, 0.15) is 0 Å². The lowest BCUT2D eigenvalue weighted by Crippen LogP contribution is -2.33. The van der Waals surface area contributed by atoms with Crippen LogP contribution in [0.1, 0.15) is 19.3 Å². The fourth-order valence-corrected chi connectivity index (χ4v) is 2.80. The van der Waals surface area contributed by atoms with Crippen LogP contribution in [0.25, 0.3) is 0 Å². The molecule has 0 radical (unpaired) electrons. The van der Waals surface area contributed by atoms with Gasteiger partial charge in [-0.05, 0) is 37.8 Å². The molecular weight excluding hydrogens is 202 g/mol. The molecule has 1 aliphatic heterocycles. The zero-order valence-electron chi connectivity index (χ0n) is 8.49. The fraction of sp³-hybridized carbons (Fsp3) is 0.900. The average Bonchev–Trinajstić information content (AvgIpc) is 2.63. The maximum Gasteiger partial charge on any atom is 0.308 e. The van der Waals surface area contributed by atoms with E-state index in [-0.39, 0.29) is 24.3 Å². The lowest BCUT2D eigenvalue weighted by atomic mass is 9.74. The Morgan fingerprint density at radius 3 is 2.86 bits per heavy atom. The van der Waals surface area contributed by atoms with Gasteiger partial charge in [-0.15, -0.1) is 12.4 Å². The highest BCUT2D eigenvalue weighted by molar-refractivity contribution is 5.85. The molecule has 0 aromatic carbocycles. The number of halogens is 1. The van der Waals surface area contributed by atoms with E-state index in [9.17, 15) is 4.79 Å². The molecule has 0 spiro atoms. The van der Waals surface area contributed by atoms with Crippen LogP contribution < -0.4 is 5.32 Å². The molecule has 1 heterocycles.